The number of allylic oxidation sites excluding steroid dienone is 6. The maximum atomic E-state index is 13.9. The van der Waals surface area contributed by atoms with E-state index in [9.17, 15) is 35.4 Å². The van der Waals surface area contributed by atoms with E-state index in [0.717, 1.165) is 5.57 Å². The Morgan fingerprint density at radius 3 is 2.25 bits per heavy atom. The molecule has 0 radical (unpaired) electrons. The van der Waals surface area contributed by atoms with Crippen LogP contribution >= 0.6 is 0 Å². The first-order valence-corrected chi connectivity index (χ1v) is 20.4. The first kappa shape index (κ1) is 48.9. The molecule has 3 heterocycles. The van der Waals surface area contributed by atoms with Crippen LogP contribution in [-0.2, 0) is 33.2 Å². The summed E-state index contributed by atoms with van der Waals surface area (Å²) in [5.74, 6) is -5.84. The molecular formula is C44H72O13. The SMILES string of the molecule is C/C=C/[C@H]1O[C@@](O)([C@@H](C)[C@H](O)[C@H](C)[C@H]2OC(=O)C(OC)=C/C(C)=C/[C@@H](C)[C@@H](O)[C@@H](C)[C@@H](O)[C@H](C)C/C(C)=C/C=C/[C@@H]2OC)C[C@@H](O[C@H]2C[C@@H](O)[C@H](O)[C@@H](C)O2)[C@@H]1C. The third-order valence-electron chi connectivity index (χ3n) is 12.3. The molecule has 0 bridgehead atoms. The number of carbonyl (C=O) groups is 1. The molecule has 3 aliphatic rings. The van der Waals surface area contributed by atoms with E-state index in [-0.39, 0.29) is 36.4 Å². The van der Waals surface area contributed by atoms with Gasteiger partial charge < -0.3 is 59.1 Å². The van der Waals surface area contributed by atoms with E-state index in [1.54, 1.807) is 39.8 Å². The summed E-state index contributed by atoms with van der Waals surface area (Å²) >= 11 is 0. The number of esters is 1. The minimum atomic E-state index is -1.93. The zero-order valence-electron chi connectivity index (χ0n) is 36.0. The van der Waals surface area contributed by atoms with Crippen molar-refractivity contribution in [3.63, 3.8) is 0 Å². The molecule has 2 saturated heterocycles. The van der Waals surface area contributed by atoms with Crippen LogP contribution in [0.3, 0.4) is 0 Å². The summed E-state index contributed by atoms with van der Waals surface area (Å²) in [6, 6.07) is 0. The number of aliphatic hydroxyl groups excluding tert-OH is 5. The Morgan fingerprint density at radius 2 is 1.65 bits per heavy atom. The lowest BCUT2D eigenvalue weighted by molar-refractivity contribution is -0.339. The molecule has 3 rings (SSSR count). The van der Waals surface area contributed by atoms with Crippen molar-refractivity contribution in [2.24, 2.45) is 35.5 Å². The van der Waals surface area contributed by atoms with E-state index in [0.29, 0.717) is 12.0 Å². The van der Waals surface area contributed by atoms with Crippen LogP contribution < -0.4 is 0 Å². The third-order valence-corrected chi connectivity index (χ3v) is 12.3. The van der Waals surface area contributed by atoms with Crippen molar-refractivity contribution in [3.05, 3.63) is 59.4 Å². The quantitative estimate of drug-likeness (QED) is 0.141. The van der Waals surface area contributed by atoms with Crippen molar-refractivity contribution in [1.29, 1.82) is 0 Å². The van der Waals surface area contributed by atoms with Crippen molar-refractivity contribution in [1.82, 2.24) is 0 Å². The molecule has 13 nitrogen and oxygen atoms in total. The second-order valence-corrected chi connectivity index (χ2v) is 16.9. The Hall–Kier alpha value is -2.43. The first-order valence-electron chi connectivity index (χ1n) is 20.4. The maximum Gasteiger partial charge on any atom is 0.373 e. The molecule has 6 N–H and O–H groups in total. The summed E-state index contributed by atoms with van der Waals surface area (Å²) in [6.07, 6.45) is 3.15. The fraction of sp³-hybridized carbons (Fsp3) is 0.750. The van der Waals surface area contributed by atoms with Crippen LogP contribution in [0.25, 0.3) is 0 Å². The summed E-state index contributed by atoms with van der Waals surface area (Å²) in [5, 5.41) is 67.3. The summed E-state index contributed by atoms with van der Waals surface area (Å²) in [6.45, 7) is 18.1. The number of hydrogen-bond donors (Lipinski definition) is 6. The van der Waals surface area contributed by atoms with Gasteiger partial charge in [-0.2, -0.15) is 0 Å². The molecule has 0 aliphatic carbocycles. The Labute approximate surface area is 340 Å². The second-order valence-electron chi connectivity index (χ2n) is 16.9. The second kappa shape index (κ2) is 21.7. The fourth-order valence-corrected chi connectivity index (χ4v) is 8.34. The van der Waals surface area contributed by atoms with Crippen molar-refractivity contribution >= 4 is 5.97 Å². The molecule has 57 heavy (non-hydrogen) atoms. The average molecular weight is 809 g/mol. The molecule has 326 valence electrons. The van der Waals surface area contributed by atoms with Gasteiger partial charge in [0.2, 0.25) is 5.76 Å². The van der Waals surface area contributed by atoms with Crippen LogP contribution in [0, 0.1) is 35.5 Å². The summed E-state index contributed by atoms with van der Waals surface area (Å²) in [4.78, 5) is 13.9. The molecule has 0 amide bonds. The van der Waals surface area contributed by atoms with Crippen molar-refractivity contribution < 1.29 is 63.9 Å². The van der Waals surface area contributed by atoms with Crippen molar-refractivity contribution in [2.75, 3.05) is 14.2 Å². The van der Waals surface area contributed by atoms with Gasteiger partial charge in [0, 0.05) is 49.5 Å². The van der Waals surface area contributed by atoms with Gasteiger partial charge in [-0.1, -0.05) is 89.1 Å². The number of ether oxygens (including phenoxy) is 6. The monoisotopic (exact) mass is 808 g/mol. The van der Waals surface area contributed by atoms with Crippen molar-refractivity contribution in [3.8, 4) is 0 Å². The highest BCUT2D eigenvalue weighted by molar-refractivity contribution is 5.87. The zero-order chi connectivity index (χ0) is 42.9. The minimum absolute atomic E-state index is 0.0413. The average Bonchev–Trinajstić information content (AvgIpc) is 3.16. The number of cyclic esters (lactones) is 1. The summed E-state index contributed by atoms with van der Waals surface area (Å²) in [7, 11) is 2.82. The lowest BCUT2D eigenvalue weighted by Crippen LogP contribution is -2.59. The standard InChI is InChI=1S/C44H72O13/c1-13-15-33-27(6)36(55-37-21-32(45)41(49)31(10)54-37)22-44(51,57-33)30(9)40(48)29(8)42-34(52-11)17-14-16-23(2)18-25(4)38(46)28(7)39(47)26(5)19-24(3)20-35(53-12)43(50)56-42/h13-17,19-20,25-34,36-42,45-49,51H,18,21-22H2,1-12H3/b15-13+,17-14+,23-16+,24-19+,35-20?/t25-,26-,27-,28+,29+,30+,31-,32-,33-,34+,36-,37+,38+,39-,40-,41-,42-,44-/m1/s1. The number of methoxy groups -OCH3 is 2. The highest BCUT2D eigenvalue weighted by Crippen LogP contribution is 2.42. The Balaban J connectivity index is 2.01. The van der Waals surface area contributed by atoms with E-state index in [2.05, 4.69) is 0 Å². The zero-order valence-corrected chi connectivity index (χ0v) is 36.0. The Bertz CT molecular complexity index is 1430. The number of carbonyl (C=O) groups excluding carboxylic acids is 1. The molecular weight excluding hydrogens is 736 g/mol. The molecule has 0 aromatic rings. The highest BCUT2D eigenvalue weighted by atomic mass is 16.7. The van der Waals surface area contributed by atoms with Gasteiger partial charge in [-0.3, -0.25) is 0 Å². The molecule has 2 fully saturated rings. The molecule has 13 heteroatoms. The lowest BCUT2D eigenvalue weighted by atomic mass is 9.77. The van der Waals surface area contributed by atoms with E-state index in [1.807, 2.05) is 65.8 Å². The molecule has 3 aliphatic heterocycles. The van der Waals surface area contributed by atoms with Gasteiger partial charge in [0.25, 0.3) is 0 Å². The van der Waals surface area contributed by atoms with Gasteiger partial charge >= 0.3 is 5.97 Å². The summed E-state index contributed by atoms with van der Waals surface area (Å²) < 4.78 is 36.1. The van der Waals surface area contributed by atoms with E-state index in [1.165, 1.54) is 20.3 Å². The van der Waals surface area contributed by atoms with Crippen LogP contribution in [0.4, 0.5) is 0 Å². The lowest BCUT2D eigenvalue weighted by Gasteiger charge is -2.49. The van der Waals surface area contributed by atoms with Crippen LogP contribution in [0.2, 0.25) is 0 Å². The maximum absolute atomic E-state index is 13.9. The van der Waals surface area contributed by atoms with Gasteiger partial charge in [-0.05, 0) is 46.1 Å². The summed E-state index contributed by atoms with van der Waals surface area (Å²) in [5.41, 5.74) is 1.60. The largest absolute Gasteiger partial charge is 0.490 e. The predicted molar refractivity (Wildman–Crippen MR) is 215 cm³/mol. The van der Waals surface area contributed by atoms with Gasteiger partial charge in [-0.15, -0.1) is 0 Å². The molecule has 0 saturated carbocycles. The van der Waals surface area contributed by atoms with Crippen molar-refractivity contribution in [2.45, 2.75) is 162 Å². The first-order chi connectivity index (χ1) is 26.7. The van der Waals surface area contributed by atoms with E-state index in [4.69, 9.17) is 28.4 Å². The van der Waals surface area contributed by atoms with Gasteiger partial charge in [0.05, 0.1) is 49.8 Å². The minimum Gasteiger partial charge on any atom is -0.490 e. The van der Waals surface area contributed by atoms with Crippen LogP contribution in [0.15, 0.2) is 59.4 Å². The fourth-order valence-electron chi connectivity index (χ4n) is 8.34. The topological polar surface area (TPSA) is 194 Å². The molecule has 0 aromatic carbocycles. The van der Waals surface area contributed by atoms with Crippen LogP contribution in [0.5, 0.6) is 0 Å². The number of hydrogen-bond acceptors (Lipinski definition) is 13. The number of rotatable bonds is 9. The van der Waals surface area contributed by atoms with Crippen LogP contribution in [0.1, 0.15) is 88.5 Å². The van der Waals surface area contributed by atoms with Gasteiger partial charge in [0.1, 0.15) is 18.3 Å². The molecule has 18 atom stereocenters. The van der Waals surface area contributed by atoms with Crippen LogP contribution in [-0.4, -0.2) is 124 Å². The highest BCUT2D eigenvalue weighted by Gasteiger charge is 2.52. The van der Waals surface area contributed by atoms with Gasteiger partial charge in [0.15, 0.2) is 12.1 Å². The smallest absolute Gasteiger partial charge is 0.373 e. The number of aliphatic hydroxyl groups is 6. The van der Waals surface area contributed by atoms with E-state index >= 15 is 0 Å². The molecule has 0 aromatic heterocycles. The van der Waals surface area contributed by atoms with E-state index < -0.39 is 96.8 Å². The Kier molecular flexibility index (Phi) is 18.6. The van der Waals surface area contributed by atoms with Gasteiger partial charge in [-0.25, -0.2) is 4.79 Å². The molecule has 0 unspecified atom stereocenters. The normalized spacial score (nSPS) is 43.5. The predicted octanol–water partition coefficient (Wildman–Crippen LogP) is 4.49. The molecule has 0 spiro atoms. The Morgan fingerprint density at radius 1 is 0.982 bits per heavy atom. The third kappa shape index (κ3) is 12.5.